The van der Waals surface area contributed by atoms with Crippen LogP contribution < -0.4 is 10.4 Å². The van der Waals surface area contributed by atoms with E-state index in [1.54, 1.807) is 13.0 Å². The van der Waals surface area contributed by atoms with E-state index in [1.807, 2.05) is 0 Å². The lowest BCUT2D eigenvalue weighted by Gasteiger charge is -2.10. The van der Waals surface area contributed by atoms with Crippen molar-refractivity contribution in [3.05, 3.63) is 74.7 Å². The molecule has 4 rings (SSSR count). The summed E-state index contributed by atoms with van der Waals surface area (Å²) in [4.78, 5) is 24.2. The van der Waals surface area contributed by atoms with Crippen molar-refractivity contribution in [1.29, 1.82) is 0 Å². The standard InChI is InChI=1S/C20H10F4O4S/c1-9-17-13(21)3-2-4-15(17)29-18(9)19(26)27-10-5-6-11-12(20(22,23)24)8-16(25)28-14(11)7-10/h2-8H,1H3. The Morgan fingerprint density at radius 3 is 2.59 bits per heavy atom. The number of hydrogen-bond donors (Lipinski definition) is 0. The lowest BCUT2D eigenvalue weighted by atomic mass is 10.1. The van der Waals surface area contributed by atoms with Gasteiger partial charge in [-0.2, -0.15) is 13.2 Å². The number of fused-ring (bicyclic) bond motifs is 2. The largest absolute Gasteiger partial charge is 0.423 e. The molecule has 0 bridgehead atoms. The van der Waals surface area contributed by atoms with Gasteiger partial charge in [-0.25, -0.2) is 14.0 Å². The first-order chi connectivity index (χ1) is 13.6. The van der Waals surface area contributed by atoms with Crippen LogP contribution in [0.1, 0.15) is 20.8 Å². The van der Waals surface area contributed by atoms with E-state index >= 15 is 0 Å². The van der Waals surface area contributed by atoms with E-state index in [4.69, 9.17) is 9.15 Å². The number of thiophene rings is 1. The van der Waals surface area contributed by atoms with Gasteiger partial charge in [0.05, 0.1) is 5.56 Å². The number of esters is 1. The molecule has 0 unspecified atom stereocenters. The maximum Gasteiger partial charge on any atom is 0.417 e. The number of aryl methyl sites for hydroxylation is 1. The summed E-state index contributed by atoms with van der Waals surface area (Å²) in [5.74, 6) is -1.37. The van der Waals surface area contributed by atoms with E-state index < -0.39 is 29.2 Å². The van der Waals surface area contributed by atoms with Gasteiger partial charge in [-0.3, -0.25) is 0 Å². The van der Waals surface area contributed by atoms with Gasteiger partial charge in [0.2, 0.25) is 0 Å². The molecule has 0 atom stereocenters. The fraction of sp³-hybridized carbons (Fsp3) is 0.100. The van der Waals surface area contributed by atoms with Gasteiger partial charge in [-0.1, -0.05) is 6.07 Å². The molecule has 2 heterocycles. The molecular weight excluding hydrogens is 412 g/mol. The maximum atomic E-state index is 14.0. The van der Waals surface area contributed by atoms with Crippen molar-refractivity contribution in [2.24, 2.45) is 0 Å². The number of ether oxygens (including phenoxy) is 1. The van der Waals surface area contributed by atoms with E-state index in [2.05, 4.69) is 0 Å². The Balaban J connectivity index is 1.73. The predicted molar refractivity (Wildman–Crippen MR) is 99.0 cm³/mol. The number of benzene rings is 2. The normalized spacial score (nSPS) is 11.9. The van der Waals surface area contributed by atoms with Crippen LogP contribution in [0, 0.1) is 12.7 Å². The zero-order chi connectivity index (χ0) is 20.9. The van der Waals surface area contributed by atoms with Crippen LogP contribution in [0.25, 0.3) is 21.1 Å². The van der Waals surface area contributed by atoms with Gasteiger partial charge in [0.25, 0.3) is 0 Å². The number of hydrogen-bond acceptors (Lipinski definition) is 5. The number of alkyl halides is 3. The summed E-state index contributed by atoms with van der Waals surface area (Å²) < 4.78 is 64.0. The minimum Gasteiger partial charge on any atom is -0.423 e. The zero-order valence-corrected chi connectivity index (χ0v) is 15.4. The van der Waals surface area contributed by atoms with Crippen LogP contribution in [0.4, 0.5) is 17.6 Å². The van der Waals surface area contributed by atoms with Crippen molar-refractivity contribution in [3.63, 3.8) is 0 Å². The van der Waals surface area contributed by atoms with Gasteiger partial charge in [0.1, 0.15) is 22.0 Å². The average molecular weight is 422 g/mol. The van der Waals surface area contributed by atoms with Crippen molar-refractivity contribution in [1.82, 2.24) is 0 Å². The Labute approximate surface area is 163 Å². The minimum atomic E-state index is -4.75. The Bertz CT molecular complexity index is 1330. The summed E-state index contributed by atoms with van der Waals surface area (Å²) in [5, 5.41) is -0.0270. The van der Waals surface area contributed by atoms with E-state index in [0.717, 1.165) is 23.5 Å². The summed E-state index contributed by atoms with van der Waals surface area (Å²) in [6.07, 6.45) is -4.75. The van der Waals surface area contributed by atoms with Crippen molar-refractivity contribution in [2.75, 3.05) is 0 Å². The van der Waals surface area contributed by atoms with E-state index in [9.17, 15) is 27.2 Å². The van der Waals surface area contributed by atoms with Crippen LogP contribution in [-0.2, 0) is 6.18 Å². The van der Waals surface area contributed by atoms with Gasteiger partial charge < -0.3 is 9.15 Å². The summed E-state index contributed by atoms with van der Waals surface area (Å²) in [5.41, 5.74) is -2.28. The molecular formula is C20H10F4O4S. The molecule has 29 heavy (non-hydrogen) atoms. The lowest BCUT2D eigenvalue weighted by molar-refractivity contribution is -0.136. The maximum absolute atomic E-state index is 14.0. The van der Waals surface area contributed by atoms with Crippen LogP contribution in [0.15, 0.2) is 51.7 Å². The second-order valence-corrected chi connectivity index (χ2v) is 7.25. The molecule has 4 aromatic rings. The molecule has 2 aromatic carbocycles. The van der Waals surface area contributed by atoms with Crippen LogP contribution in [0.5, 0.6) is 5.75 Å². The smallest absolute Gasteiger partial charge is 0.417 e. The number of carbonyl (C=O) groups excluding carboxylic acids is 1. The number of carbonyl (C=O) groups is 1. The monoisotopic (exact) mass is 422 g/mol. The second kappa shape index (κ2) is 6.70. The zero-order valence-electron chi connectivity index (χ0n) is 14.6. The van der Waals surface area contributed by atoms with Crippen LogP contribution >= 0.6 is 11.3 Å². The second-order valence-electron chi connectivity index (χ2n) is 6.19. The molecule has 0 saturated carbocycles. The fourth-order valence-electron chi connectivity index (χ4n) is 3.04. The summed E-state index contributed by atoms with van der Waals surface area (Å²) >= 11 is 1.04. The molecule has 0 aliphatic heterocycles. The Kier molecular flexibility index (Phi) is 4.42. The Morgan fingerprint density at radius 1 is 1.14 bits per heavy atom. The molecule has 0 aliphatic carbocycles. The third-order valence-corrected chi connectivity index (χ3v) is 5.56. The molecule has 0 aliphatic rings. The van der Waals surface area contributed by atoms with Crippen LogP contribution in [0.3, 0.4) is 0 Å². The summed E-state index contributed by atoms with van der Waals surface area (Å²) in [6, 6.07) is 8.08. The van der Waals surface area contributed by atoms with Crippen molar-refractivity contribution < 1.29 is 31.5 Å². The summed E-state index contributed by atoms with van der Waals surface area (Å²) in [6.45, 7) is 1.58. The molecule has 0 amide bonds. The van der Waals surface area contributed by atoms with Crippen molar-refractivity contribution in [2.45, 2.75) is 13.1 Å². The summed E-state index contributed by atoms with van der Waals surface area (Å²) in [7, 11) is 0. The van der Waals surface area contributed by atoms with Crippen LogP contribution in [-0.4, -0.2) is 5.97 Å². The molecule has 0 radical (unpaired) electrons. The first-order valence-electron chi connectivity index (χ1n) is 8.20. The third kappa shape index (κ3) is 3.38. The average Bonchev–Trinajstić information content (AvgIpc) is 2.98. The van der Waals surface area contributed by atoms with Crippen molar-refractivity contribution in [3.8, 4) is 5.75 Å². The van der Waals surface area contributed by atoms with Gasteiger partial charge in [0.15, 0.2) is 0 Å². The van der Waals surface area contributed by atoms with E-state index in [1.165, 1.54) is 18.2 Å². The van der Waals surface area contributed by atoms with Gasteiger partial charge in [-0.05, 0) is 36.8 Å². The third-order valence-electron chi connectivity index (χ3n) is 4.32. The highest BCUT2D eigenvalue weighted by Crippen LogP contribution is 2.36. The quantitative estimate of drug-likeness (QED) is 0.180. The Hall–Kier alpha value is -3.20. The van der Waals surface area contributed by atoms with E-state index in [0.29, 0.717) is 21.7 Å². The molecule has 148 valence electrons. The molecule has 0 spiro atoms. The van der Waals surface area contributed by atoms with Gasteiger partial charge in [-0.15, -0.1) is 11.3 Å². The predicted octanol–water partition coefficient (Wildman–Crippen LogP) is 5.69. The highest BCUT2D eigenvalue weighted by atomic mass is 32.1. The minimum absolute atomic E-state index is 0.109. The highest BCUT2D eigenvalue weighted by Gasteiger charge is 2.34. The van der Waals surface area contributed by atoms with Gasteiger partial charge >= 0.3 is 17.8 Å². The molecule has 2 aromatic heterocycles. The molecule has 0 fully saturated rings. The molecule has 0 N–H and O–H groups in total. The Morgan fingerprint density at radius 2 is 1.90 bits per heavy atom. The van der Waals surface area contributed by atoms with Crippen LogP contribution in [0.2, 0.25) is 0 Å². The van der Waals surface area contributed by atoms with Crippen molar-refractivity contribution >= 4 is 38.4 Å². The topological polar surface area (TPSA) is 56.5 Å². The van der Waals surface area contributed by atoms with Gasteiger partial charge in [0, 0.05) is 27.6 Å². The fourth-order valence-corrected chi connectivity index (χ4v) is 4.14. The molecule has 9 heteroatoms. The highest BCUT2D eigenvalue weighted by molar-refractivity contribution is 7.21. The first kappa shape index (κ1) is 19.1. The lowest BCUT2D eigenvalue weighted by Crippen LogP contribution is -2.11. The van der Waals surface area contributed by atoms with E-state index in [-0.39, 0.29) is 21.6 Å². The number of rotatable bonds is 2. The first-order valence-corrected chi connectivity index (χ1v) is 9.01. The molecule has 4 nitrogen and oxygen atoms in total. The molecule has 0 saturated heterocycles. The SMILES string of the molecule is Cc1c(C(=O)Oc2ccc3c(C(F)(F)F)cc(=O)oc3c2)sc2cccc(F)c12. The number of halogens is 4.